The van der Waals surface area contributed by atoms with Gasteiger partial charge in [0.05, 0.1) is 17.2 Å². The fourth-order valence-electron chi connectivity index (χ4n) is 3.47. The number of carbonyl (C=O) groups is 1. The summed E-state index contributed by atoms with van der Waals surface area (Å²) in [7, 11) is 0.719. The van der Waals surface area contributed by atoms with E-state index in [1.165, 1.54) is 0 Å². The fraction of sp³-hybridized carbons (Fsp3) is 0.476. The number of furan rings is 1. The predicted molar refractivity (Wildman–Crippen MR) is 108 cm³/mol. The first-order chi connectivity index (χ1) is 13.3. The van der Waals surface area contributed by atoms with Crippen LogP contribution in [0.5, 0.6) is 0 Å². The smallest absolute Gasteiger partial charge is 0.222 e. The normalized spacial score (nSPS) is 14.3. The van der Waals surface area contributed by atoms with Crippen molar-refractivity contribution in [3.05, 3.63) is 53.5 Å². The van der Waals surface area contributed by atoms with Crippen LogP contribution >= 0.6 is 0 Å². The Labute approximate surface area is 167 Å². The van der Waals surface area contributed by atoms with Gasteiger partial charge in [-0.2, -0.15) is 0 Å². The van der Waals surface area contributed by atoms with E-state index in [1.807, 2.05) is 25.1 Å². The third kappa shape index (κ3) is 5.23. The average molecular weight is 405 g/mol. The summed E-state index contributed by atoms with van der Waals surface area (Å²) in [6, 6.07) is 10.5. The molecule has 0 atom stereocenters. The summed E-state index contributed by atoms with van der Waals surface area (Å²) in [5, 5.41) is 0. The molecule has 1 aliphatic heterocycles. The van der Waals surface area contributed by atoms with E-state index >= 15 is 0 Å². The molecule has 6 nitrogen and oxygen atoms in total. The van der Waals surface area contributed by atoms with Crippen LogP contribution in [0.4, 0.5) is 0 Å². The van der Waals surface area contributed by atoms with Crippen LogP contribution in [-0.2, 0) is 34.1 Å². The van der Waals surface area contributed by atoms with Gasteiger partial charge in [0.15, 0.2) is 9.84 Å². The number of nitrogens with zero attached hydrogens (tertiary/aromatic N) is 2. The second-order valence-electron chi connectivity index (χ2n) is 7.55. The number of hydrogen-bond donors (Lipinski definition) is 0. The lowest BCUT2D eigenvalue weighted by Crippen LogP contribution is -2.35. The van der Waals surface area contributed by atoms with E-state index in [0.717, 1.165) is 30.0 Å². The van der Waals surface area contributed by atoms with Crippen LogP contribution < -0.4 is 0 Å². The third-order valence-corrected chi connectivity index (χ3v) is 6.71. The number of rotatable bonds is 8. The first kappa shape index (κ1) is 20.6. The minimum absolute atomic E-state index is 0.0735. The number of sulfone groups is 1. The molecule has 0 fully saturated rings. The zero-order chi connectivity index (χ0) is 20.1. The van der Waals surface area contributed by atoms with Gasteiger partial charge in [-0.1, -0.05) is 18.2 Å². The molecule has 0 bridgehead atoms. The minimum Gasteiger partial charge on any atom is -0.464 e. The molecular formula is C21H28N2O4S. The first-order valence-corrected chi connectivity index (χ1v) is 11.3. The molecule has 2 heterocycles. The Balaban J connectivity index is 1.46. The van der Waals surface area contributed by atoms with Crippen molar-refractivity contribution in [2.45, 2.75) is 43.7 Å². The van der Waals surface area contributed by atoms with Crippen LogP contribution in [0.2, 0.25) is 0 Å². The van der Waals surface area contributed by atoms with Gasteiger partial charge >= 0.3 is 0 Å². The van der Waals surface area contributed by atoms with Crippen molar-refractivity contribution in [3.63, 3.8) is 0 Å². The van der Waals surface area contributed by atoms with E-state index in [-0.39, 0.29) is 11.7 Å². The molecule has 0 radical (unpaired) electrons. The van der Waals surface area contributed by atoms with Gasteiger partial charge in [0.1, 0.15) is 11.5 Å². The lowest BCUT2D eigenvalue weighted by molar-refractivity contribution is -0.132. The van der Waals surface area contributed by atoms with E-state index in [2.05, 4.69) is 4.90 Å². The summed E-state index contributed by atoms with van der Waals surface area (Å²) in [5.74, 6) is 2.06. The second-order valence-corrected chi connectivity index (χ2v) is 9.66. The summed E-state index contributed by atoms with van der Waals surface area (Å²) in [6.07, 6.45) is 2.17. The van der Waals surface area contributed by atoms with E-state index in [1.54, 1.807) is 30.3 Å². The van der Waals surface area contributed by atoms with Gasteiger partial charge < -0.3 is 14.2 Å². The Morgan fingerprint density at radius 2 is 1.93 bits per heavy atom. The van der Waals surface area contributed by atoms with E-state index in [0.29, 0.717) is 37.2 Å². The fourth-order valence-corrected chi connectivity index (χ4v) is 4.86. The molecule has 0 spiro atoms. The average Bonchev–Trinajstić information content (AvgIpc) is 3.06. The number of fused-ring (bicyclic) bond motifs is 1. The first-order valence-electron chi connectivity index (χ1n) is 9.66. The molecule has 2 aromatic rings. The largest absolute Gasteiger partial charge is 0.464 e. The highest BCUT2D eigenvalue weighted by molar-refractivity contribution is 7.91. The van der Waals surface area contributed by atoms with Crippen molar-refractivity contribution in [3.8, 4) is 0 Å². The highest BCUT2D eigenvalue weighted by Gasteiger charge is 2.24. The van der Waals surface area contributed by atoms with Gasteiger partial charge in [-0.25, -0.2) is 8.42 Å². The van der Waals surface area contributed by atoms with Crippen molar-refractivity contribution in [1.82, 2.24) is 9.80 Å². The maximum absolute atomic E-state index is 12.5. The quantitative estimate of drug-likeness (QED) is 0.633. The highest BCUT2D eigenvalue weighted by atomic mass is 32.2. The molecular weight excluding hydrogens is 376 g/mol. The molecule has 3 rings (SSSR count). The molecule has 0 saturated heterocycles. The topological polar surface area (TPSA) is 70.8 Å². The molecule has 1 amide bonds. The molecule has 0 aliphatic carbocycles. The summed E-state index contributed by atoms with van der Waals surface area (Å²) in [5.41, 5.74) is 1.09. The van der Waals surface area contributed by atoms with Crippen molar-refractivity contribution < 1.29 is 17.6 Å². The SMILES string of the molecule is CN(C)Cc1cc2c(o1)CCN(C(=O)CCCCS(=O)(=O)c1ccccc1)C2. The van der Waals surface area contributed by atoms with Crippen LogP contribution in [-0.4, -0.2) is 50.5 Å². The molecule has 152 valence electrons. The molecule has 0 N–H and O–H groups in total. The highest BCUT2D eigenvalue weighted by Crippen LogP contribution is 2.24. The number of carbonyl (C=O) groups excluding carboxylic acids is 1. The third-order valence-electron chi connectivity index (χ3n) is 4.90. The zero-order valence-corrected chi connectivity index (χ0v) is 17.4. The predicted octanol–water partition coefficient (Wildman–Crippen LogP) is 2.87. The Morgan fingerprint density at radius 3 is 2.64 bits per heavy atom. The summed E-state index contributed by atoms with van der Waals surface area (Å²) in [4.78, 5) is 16.8. The van der Waals surface area contributed by atoms with Gasteiger partial charge in [-0.05, 0) is 45.1 Å². The van der Waals surface area contributed by atoms with E-state index in [9.17, 15) is 13.2 Å². The molecule has 1 aliphatic rings. The van der Waals surface area contributed by atoms with Crippen LogP contribution in [0, 0.1) is 0 Å². The lowest BCUT2D eigenvalue weighted by atomic mass is 10.1. The molecule has 1 aromatic carbocycles. The number of benzene rings is 1. The molecule has 28 heavy (non-hydrogen) atoms. The van der Waals surface area contributed by atoms with Gasteiger partial charge in [0.2, 0.25) is 5.91 Å². The van der Waals surface area contributed by atoms with Gasteiger partial charge in [-0.15, -0.1) is 0 Å². The van der Waals surface area contributed by atoms with E-state index < -0.39 is 9.84 Å². The van der Waals surface area contributed by atoms with Crippen LogP contribution in [0.3, 0.4) is 0 Å². The maximum Gasteiger partial charge on any atom is 0.222 e. The lowest BCUT2D eigenvalue weighted by Gasteiger charge is -2.26. The van der Waals surface area contributed by atoms with Gasteiger partial charge in [-0.3, -0.25) is 4.79 Å². The zero-order valence-electron chi connectivity index (χ0n) is 16.6. The number of unbranched alkanes of at least 4 members (excludes halogenated alkanes) is 1. The summed E-state index contributed by atoms with van der Waals surface area (Å²) < 4.78 is 30.4. The van der Waals surface area contributed by atoms with Crippen LogP contribution in [0.15, 0.2) is 45.7 Å². The van der Waals surface area contributed by atoms with Gasteiger partial charge in [0, 0.05) is 31.5 Å². The van der Waals surface area contributed by atoms with Crippen LogP contribution in [0.1, 0.15) is 36.3 Å². The van der Waals surface area contributed by atoms with E-state index in [4.69, 9.17) is 4.42 Å². The summed E-state index contributed by atoms with van der Waals surface area (Å²) in [6.45, 7) is 1.98. The minimum atomic E-state index is -3.27. The van der Waals surface area contributed by atoms with Crippen molar-refractivity contribution in [2.24, 2.45) is 0 Å². The standard InChI is InChI=1S/C21H28N2O4S/c1-22(2)16-18-14-17-15-23(12-11-20(17)27-18)21(24)10-6-7-13-28(25,26)19-8-4-3-5-9-19/h3-5,8-9,14H,6-7,10-13,15-16H2,1-2H3. The Morgan fingerprint density at radius 1 is 1.18 bits per heavy atom. The Hall–Kier alpha value is -2.12. The molecule has 0 unspecified atom stereocenters. The Kier molecular flexibility index (Phi) is 6.57. The molecule has 1 aromatic heterocycles. The maximum atomic E-state index is 12.5. The van der Waals surface area contributed by atoms with Crippen LogP contribution in [0.25, 0.3) is 0 Å². The van der Waals surface area contributed by atoms with Crippen molar-refractivity contribution in [1.29, 1.82) is 0 Å². The molecule has 0 saturated carbocycles. The number of hydrogen-bond acceptors (Lipinski definition) is 5. The van der Waals surface area contributed by atoms with Gasteiger partial charge in [0.25, 0.3) is 0 Å². The second kappa shape index (κ2) is 8.92. The monoisotopic (exact) mass is 404 g/mol. The van der Waals surface area contributed by atoms with Crippen molar-refractivity contribution >= 4 is 15.7 Å². The Bertz CT molecular complexity index is 904. The molecule has 7 heteroatoms. The number of amides is 1. The van der Waals surface area contributed by atoms with Crippen molar-refractivity contribution in [2.75, 3.05) is 26.4 Å². The summed E-state index contributed by atoms with van der Waals surface area (Å²) >= 11 is 0.